The Bertz CT molecular complexity index is 754. The first-order chi connectivity index (χ1) is 11.1. The second kappa shape index (κ2) is 6.53. The molecule has 1 aliphatic rings. The molecular formula is C17H17ClN4O. The smallest absolute Gasteiger partial charge is 0.169 e. The lowest BCUT2D eigenvalue weighted by atomic mass is 10.1. The van der Waals surface area contributed by atoms with Crippen LogP contribution in [-0.4, -0.2) is 29.9 Å². The van der Waals surface area contributed by atoms with Crippen molar-refractivity contribution in [2.45, 2.75) is 20.0 Å². The van der Waals surface area contributed by atoms with E-state index in [4.69, 9.17) is 16.3 Å². The molecule has 1 saturated heterocycles. The number of halogens is 1. The van der Waals surface area contributed by atoms with Gasteiger partial charge < -0.3 is 9.64 Å². The Balaban J connectivity index is 1.89. The van der Waals surface area contributed by atoms with Gasteiger partial charge in [0.2, 0.25) is 0 Å². The van der Waals surface area contributed by atoms with Gasteiger partial charge in [-0.2, -0.15) is 10.4 Å². The Morgan fingerprint density at radius 3 is 2.70 bits per heavy atom. The first-order valence-electron chi connectivity index (χ1n) is 7.46. The topological polar surface area (TPSA) is 62.0 Å². The zero-order chi connectivity index (χ0) is 16.4. The molecule has 0 bridgehead atoms. The molecule has 118 valence electrons. The average Bonchev–Trinajstić information content (AvgIpc) is 2.58. The molecule has 3 rings (SSSR count). The Kier molecular flexibility index (Phi) is 4.46. The maximum atomic E-state index is 9.48. The maximum Gasteiger partial charge on any atom is 0.169 e. The minimum atomic E-state index is -0.0732. The van der Waals surface area contributed by atoms with E-state index in [0.717, 1.165) is 16.8 Å². The summed E-state index contributed by atoms with van der Waals surface area (Å²) in [5.41, 5.74) is 3.32. The third-order valence-electron chi connectivity index (χ3n) is 4.16. The molecule has 0 radical (unpaired) electrons. The zero-order valence-electron chi connectivity index (χ0n) is 13.1. The predicted octanol–water partition coefficient (Wildman–Crippen LogP) is 3.20. The molecule has 2 aromatic rings. The molecule has 0 unspecified atom stereocenters. The summed E-state index contributed by atoms with van der Waals surface area (Å²) in [5.74, 6) is 0.637. The molecule has 1 aliphatic heterocycles. The quantitative estimate of drug-likeness (QED) is 0.847. The zero-order valence-corrected chi connectivity index (χ0v) is 13.8. The van der Waals surface area contributed by atoms with Gasteiger partial charge in [-0.15, -0.1) is 5.10 Å². The monoisotopic (exact) mass is 328 g/mol. The van der Waals surface area contributed by atoms with E-state index in [0.29, 0.717) is 36.1 Å². The van der Waals surface area contributed by atoms with Crippen LogP contribution in [0.15, 0.2) is 24.3 Å². The van der Waals surface area contributed by atoms with E-state index in [-0.39, 0.29) is 6.10 Å². The fourth-order valence-electron chi connectivity index (χ4n) is 2.67. The summed E-state index contributed by atoms with van der Waals surface area (Å²) < 4.78 is 5.87. The molecule has 0 aliphatic carbocycles. The van der Waals surface area contributed by atoms with Crippen LogP contribution >= 0.6 is 11.6 Å². The highest BCUT2D eigenvalue weighted by molar-refractivity contribution is 6.30. The Hall–Kier alpha value is -2.16. The fourth-order valence-corrected chi connectivity index (χ4v) is 2.80. The van der Waals surface area contributed by atoms with E-state index in [1.54, 1.807) is 0 Å². The van der Waals surface area contributed by atoms with Crippen molar-refractivity contribution in [3.05, 3.63) is 51.7 Å². The molecule has 0 amide bonds. The highest BCUT2D eigenvalue weighted by Crippen LogP contribution is 2.28. The van der Waals surface area contributed by atoms with E-state index < -0.39 is 0 Å². The SMILES string of the molecule is Cc1nnc(N2CCO[C@@H](c3ccc(Cl)cc3)C2)c(C#N)c1C. The van der Waals surface area contributed by atoms with Crippen LogP contribution < -0.4 is 4.90 Å². The second-order valence-corrected chi connectivity index (χ2v) is 6.01. The highest BCUT2D eigenvalue weighted by Gasteiger charge is 2.26. The van der Waals surface area contributed by atoms with Gasteiger partial charge >= 0.3 is 0 Å². The number of hydrogen-bond donors (Lipinski definition) is 0. The number of aryl methyl sites for hydroxylation is 1. The van der Waals surface area contributed by atoms with Gasteiger partial charge in [0, 0.05) is 18.1 Å². The summed E-state index contributed by atoms with van der Waals surface area (Å²) in [6.07, 6.45) is -0.0732. The Morgan fingerprint density at radius 1 is 1.26 bits per heavy atom. The van der Waals surface area contributed by atoms with Gasteiger partial charge in [-0.05, 0) is 37.1 Å². The van der Waals surface area contributed by atoms with Crippen molar-refractivity contribution in [1.82, 2.24) is 10.2 Å². The summed E-state index contributed by atoms with van der Waals surface area (Å²) in [6, 6.07) is 9.91. The largest absolute Gasteiger partial charge is 0.370 e. The number of morpholine rings is 1. The van der Waals surface area contributed by atoms with Crippen LogP contribution in [0.2, 0.25) is 5.02 Å². The molecule has 1 atom stereocenters. The number of nitriles is 1. The van der Waals surface area contributed by atoms with Crippen LogP contribution in [0.25, 0.3) is 0 Å². The van der Waals surface area contributed by atoms with Gasteiger partial charge in [0.15, 0.2) is 5.82 Å². The predicted molar refractivity (Wildman–Crippen MR) is 88.6 cm³/mol. The summed E-state index contributed by atoms with van der Waals surface area (Å²) in [6.45, 7) is 5.67. The first-order valence-corrected chi connectivity index (χ1v) is 7.84. The number of ether oxygens (including phenoxy) is 1. The molecule has 23 heavy (non-hydrogen) atoms. The third kappa shape index (κ3) is 3.14. The van der Waals surface area contributed by atoms with E-state index in [2.05, 4.69) is 21.2 Å². The van der Waals surface area contributed by atoms with Crippen LogP contribution in [0, 0.1) is 25.2 Å². The fraction of sp³-hybridized carbons (Fsp3) is 0.353. The minimum absolute atomic E-state index is 0.0732. The minimum Gasteiger partial charge on any atom is -0.370 e. The van der Waals surface area contributed by atoms with E-state index in [1.807, 2.05) is 38.1 Å². The third-order valence-corrected chi connectivity index (χ3v) is 4.41. The molecule has 0 saturated carbocycles. The van der Waals surface area contributed by atoms with Gasteiger partial charge in [0.25, 0.3) is 0 Å². The van der Waals surface area contributed by atoms with Crippen molar-refractivity contribution in [3.63, 3.8) is 0 Å². The standard InChI is InChI=1S/C17H17ClN4O/c1-11-12(2)20-21-17(15(11)9-19)22-7-8-23-16(10-22)13-3-5-14(18)6-4-13/h3-6,16H,7-8,10H2,1-2H3/t16-/m1/s1. The molecule has 2 heterocycles. The summed E-state index contributed by atoms with van der Waals surface area (Å²) >= 11 is 5.94. The number of anilines is 1. The Labute approximate surface area is 140 Å². The van der Waals surface area contributed by atoms with Gasteiger partial charge in [0.05, 0.1) is 12.3 Å². The summed E-state index contributed by atoms with van der Waals surface area (Å²) in [7, 11) is 0. The lowest BCUT2D eigenvalue weighted by Gasteiger charge is -2.34. The average molecular weight is 329 g/mol. The molecule has 1 aromatic heterocycles. The van der Waals surface area contributed by atoms with E-state index >= 15 is 0 Å². The number of aromatic nitrogens is 2. The van der Waals surface area contributed by atoms with Crippen molar-refractivity contribution in [3.8, 4) is 6.07 Å². The van der Waals surface area contributed by atoms with Gasteiger partial charge in [-0.1, -0.05) is 23.7 Å². The van der Waals surface area contributed by atoms with Crippen LogP contribution in [0.1, 0.15) is 28.5 Å². The van der Waals surface area contributed by atoms with Crippen LogP contribution in [0.4, 0.5) is 5.82 Å². The van der Waals surface area contributed by atoms with E-state index in [9.17, 15) is 5.26 Å². The normalized spacial score (nSPS) is 17.8. The van der Waals surface area contributed by atoms with Crippen molar-refractivity contribution in [2.75, 3.05) is 24.6 Å². The van der Waals surface area contributed by atoms with Crippen LogP contribution in [-0.2, 0) is 4.74 Å². The van der Waals surface area contributed by atoms with Gasteiger partial charge in [-0.3, -0.25) is 0 Å². The molecule has 1 aromatic carbocycles. The molecule has 0 spiro atoms. The number of benzene rings is 1. The van der Waals surface area contributed by atoms with Crippen LogP contribution in [0.5, 0.6) is 0 Å². The molecule has 1 fully saturated rings. The van der Waals surface area contributed by atoms with Crippen molar-refractivity contribution < 1.29 is 4.74 Å². The number of hydrogen-bond acceptors (Lipinski definition) is 5. The number of nitrogens with zero attached hydrogens (tertiary/aromatic N) is 4. The van der Waals surface area contributed by atoms with Crippen molar-refractivity contribution >= 4 is 17.4 Å². The molecular weight excluding hydrogens is 312 g/mol. The maximum absolute atomic E-state index is 9.48. The van der Waals surface area contributed by atoms with Gasteiger partial charge in [-0.25, -0.2) is 0 Å². The summed E-state index contributed by atoms with van der Waals surface area (Å²) in [4.78, 5) is 2.07. The second-order valence-electron chi connectivity index (χ2n) is 5.58. The summed E-state index contributed by atoms with van der Waals surface area (Å²) in [5, 5.41) is 18.6. The van der Waals surface area contributed by atoms with Gasteiger partial charge in [0.1, 0.15) is 17.7 Å². The van der Waals surface area contributed by atoms with Crippen LogP contribution in [0.3, 0.4) is 0 Å². The Morgan fingerprint density at radius 2 is 2.00 bits per heavy atom. The van der Waals surface area contributed by atoms with E-state index in [1.165, 1.54) is 0 Å². The van der Waals surface area contributed by atoms with Crippen molar-refractivity contribution in [2.24, 2.45) is 0 Å². The lowest BCUT2D eigenvalue weighted by molar-refractivity contribution is 0.0394. The number of rotatable bonds is 2. The highest BCUT2D eigenvalue weighted by atomic mass is 35.5. The molecule has 6 heteroatoms. The molecule has 0 N–H and O–H groups in total. The first kappa shape index (κ1) is 15.7. The lowest BCUT2D eigenvalue weighted by Crippen LogP contribution is -2.39. The van der Waals surface area contributed by atoms with Crippen molar-refractivity contribution in [1.29, 1.82) is 5.26 Å². The molecule has 5 nitrogen and oxygen atoms in total.